The molecule has 1 fully saturated rings. The van der Waals surface area contributed by atoms with Crippen LogP contribution in [0.5, 0.6) is 17.5 Å². The summed E-state index contributed by atoms with van der Waals surface area (Å²) in [6.07, 6.45) is 1.83. The topological polar surface area (TPSA) is 87.6 Å². The second kappa shape index (κ2) is 7.49. The van der Waals surface area contributed by atoms with Crippen molar-refractivity contribution < 1.29 is 24.1 Å². The van der Waals surface area contributed by atoms with Gasteiger partial charge in [-0.2, -0.15) is 5.26 Å². The van der Waals surface area contributed by atoms with Crippen LogP contribution in [0, 0.1) is 17.1 Å². The standard InChI is InChI=1S/C28H23FN2O4/c1-27-12-13-28(35-27,14-15-34-19-9-7-18(29)8-10-19)24-23(27)25(32)31(26(24)33)22-11-6-17(16-30)20-4-2-3-5-21(20)22/h2-11,32-33H,12-15H2,1H3/t27-,28-/m0/s1. The normalized spacial score (nSPS) is 22.3. The van der Waals surface area contributed by atoms with Crippen LogP contribution in [0.2, 0.25) is 0 Å². The van der Waals surface area contributed by atoms with E-state index in [-0.39, 0.29) is 17.6 Å². The molecule has 2 N–H and O–H groups in total. The number of aromatic hydroxyl groups is 2. The fourth-order valence-corrected chi connectivity index (χ4v) is 5.78. The predicted octanol–water partition coefficient (Wildman–Crippen LogP) is 5.76. The van der Waals surface area contributed by atoms with Crippen LogP contribution in [0.3, 0.4) is 0 Å². The molecule has 2 bridgehead atoms. The van der Waals surface area contributed by atoms with Gasteiger partial charge in [0, 0.05) is 17.2 Å². The zero-order chi connectivity index (χ0) is 24.4. The summed E-state index contributed by atoms with van der Waals surface area (Å²) in [5.41, 5.74) is 0.744. The van der Waals surface area contributed by atoms with Crippen molar-refractivity contribution in [2.45, 2.75) is 37.4 Å². The van der Waals surface area contributed by atoms with Crippen molar-refractivity contribution in [2.24, 2.45) is 0 Å². The van der Waals surface area contributed by atoms with Crippen LogP contribution >= 0.6 is 0 Å². The summed E-state index contributed by atoms with van der Waals surface area (Å²) in [5, 5.41) is 33.9. The molecule has 6 nitrogen and oxygen atoms in total. The summed E-state index contributed by atoms with van der Waals surface area (Å²) < 4.78 is 27.0. The average molecular weight is 471 g/mol. The van der Waals surface area contributed by atoms with Crippen molar-refractivity contribution in [3.8, 4) is 29.3 Å². The van der Waals surface area contributed by atoms with Crippen LogP contribution < -0.4 is 4.74 Å². The lowest BCUT2D eigenvalue weighted by Crippen LogP contribution is -2.25. The van der Waals surface area contributed by atoms with E-state index in [1.807, 2.05) is 31.2 Å². The number of nitriles is 1. The molecule has 176 valence electrons. The predicted molar refractivity (Wildman–Crippen MR) is 127 cm³/mol. The van der Waals surface area contributed by atoms with Crippen LogP contribution in [0.4, 0.5) is 4.39 Å². The number of halogens is 1. The summed E-state index contributed by atoms with van der Waals surface area (Å²) >= 11 is 0. The van der Waals surface area contributed by atoms with Gasteiger partial charge in [-0.3, -0.25) is 4.57 Å². The van der Waals surface area contributed by atoms with Crippen molar-refractivity contribution in [2.75, 3.05) is 6.61 Å². The minimum Gasteiger partial charge on any atom is -0.494 e. The number of fused-ring (bicyclic) bond motifs is 6. The fraction of sp³-hybridized carbons (Fsp3) is 0.250. The second-order valence-corrected chi connectivity index (χ2v) is 9.40. The van der Waals surface area contributed by atoms with Gasteiger partial charge in [0.05, 0.1) is 40.7 Å². The largest absolute Gasteiger partial charge is 0.494 e. The number of ether oxygens (including phenoxy) is 2. The highest BCUT2D eigenvalue weighted by molar-refractivity contribution is 5.95. The first-order chi connectivity index (χ1) is 16.9. The van der Waals surface area contributed by atoms with Crippen LogP contribution in [-0.2, 0) is 15.9 Å². The van der Waals surface area contributed by atoms with Gasteiger partial charge in [0.15, 0.2) is 0 Å². The van der Waals surface area contributed by atoms with E-state index in [9.17, 15) is 19.9 Å². The molecule has 1 aromatic heterocycles. The van der Waals surface area contributed by atoms with Gasteiger partial charge in [-0.1, -0.05) is 24.3 Å². The lowest BCUT2D eigenvalue weighted by molar-refractivity contribution is -0.0876. The Morgan fingerprint density at radius 2 is 1.71 bits per heavy atom. The molecule has 0 radical (unpaired) electrons. The van der Waals surface area contributed by atoms with Gasteiger partial charge < -0.3 is 19.7 Å². The van der Waals surface area contributed by atoms with Gasteiger partial charge >= 0.3 is 0 Å². The van der Waals surface area contributed by atoms with Gasteiger partial charge in [-0.15, -0.1) is 0 Å². The number of hydrogen-bond donors (Lipinski definition) is 2. The van der Waals surface area contributed by atoms with Crippen molar-refractivity contribution >= 4 is 10.8 Å². The first-order valence-corrected chi connectivity index (χ1v) is 11.6. The van der Waals surface area contributed by atoms with Crippen molar-refractivity contribution in [1.29, 1.82) is 5.26 Å². The van der Waals surface area contributed by atoms with Crippen molar-refractivity contribution in [3.05, 3.63) is 83.2 Å². The maximum Gasteiger partial charge on any atom is 0.205 e. The zero-order valence-electron chi connectivity index (χ0n) is 19.1. The number of nitrogens with zero attached hydrogens (tertiary/aromatic N) is 2. The summed E-state index contributed by atoms with van der Waals surface area (Å²) in [6.45, 7) is 2.23. The monoisotopic (exact) mass is 470 g/mol. The van der Waals surface area contributed by atoms with Crippen molar-refractivity contribution in [3.63, 3.8) is 0 Å². The SMILES string of the molecule is C[C@@]12CC[C@@](CCOc3ccc(F)cc3)(O1)c1c2c(O)n(-c2ccc(C#N)c3ccccc23)c1O. The molecule has 2 aliphatic heterocycles. The van der Waals surface area contributed by atoms with Gasteiger partial charge in [-0.05, 0) is 56.2 Å². The molecule has 3 heterocycles. The molecule has 0 saturated carbocycles. The maximum atomic E-state index is 13.2. The quantitative estimate of drug-likeness (QED) is 0.387. The average Bonchev–Trinajstić information content (AvgIpc) is 3.44. The minimum absolute atomic E-state index is 0.0594. The summed E-state index contributed by atoms with van der Waals surface area (Å²) in [4.78, 5) is 0. The van der Waals surface area contributed by atoms with Gasteiger partial charge in [0.25, 0.3) is 0 Å². The lowest BCUT2D eigenvalue weighted by Gasteiger charge is -2.26. The van der Waals surface area contributed by atoms with Crippen LogP contribution in [-0.4, -0.2) is 21.4 Å². The van der Waals surface area contributed by atoms with E-state index in [1.54, 1.807) is 24.3 Å². The van der Waals surface area contributed by atoms with E-state index in [1.165, 1.54) is 16.7 Å². The molecule has 35 heavy (non-hydrogen) atoms. The smallest absolute Gasteiger partial charge is 0.205 e. The molecule has 4 aromatic rings. The molecule has 0 spiro atoms. The summed E-state index contributed by atoms with van der Waals surface area (Å²) in [6, 6.07) is 18.9. The zero-order valence-corrected chi connectivity index (χ0v) is 19.1. The Labute approximate surface area is 201 Å². The second-order valence-electron chi connectivity index (χ2n) is 9.40. The Balaban J connectivity index is 1.43. The number of aromatic nitrogens is 1. The Morgan fingerprint density at radius 3 is 2.46 bits per heavy atom. The molecular weight excluding hydrogens is 447 g/mol. The highest BCUT2D eigenvalue weighted by Crippen LogP contribution is 2.65. The molecule has 0 amide bonds. The third-order valence-electron chi connectivity index (χ3n) is 7.38. The van der Waals surface area contributed by atoms with E-state index in [0.717, 1.165) is 10.8 Å². The van der Waals surface area contributed by atoms with Crippen LogP contribution in [0.15, 0.2) is 60.7 Å². The van der Waals surface area contributed by atoms with E-state index < -0.39 is 11.2 Å². The van der Waals surface area contributed by atoms with Gasteiger partial charge in [0.2, 0.25) is 11.8 Å². The molecule has 7 heteroatoms. The highest BCUT2D eigenvalue weighted by atomic mass is 19.1. The third kappa shape index (κ3) is 3.03. The molecule has 6 rings (SSSR count). The van der Waals surface area contributed by atoms with E-state index in [2.05, 4.69) is 6.07 Å². The van der Waals surface area contributed by atoms with Gasteiger partial charge in [-0.25, -0.2) is 4.39 Å². The summed E-state index contributed by atoms with van der Waals surface area (Å²) in [7, 11) is 0. The molecule has 2 atom stereocenters. The molecular formula is C28H23FN2O4. The number of rotatable bonds is 5. The minimum atomic E-state index is -0.806. The lowest BCUT2D eigenvalue weighted by atomic mass is 9.78. The van der Waals surface area contributed by atoms with Crippen molar-refractivity contribution in [1.82, 2.24) is 4.57 Å². The van der Waals surface area contributed by atoms with Gasteiger partial charge in [0.1, 0.15) is 17.2 Å². The Kier molecular flexibility index (Phi) is 4.60. The third-order valence-corrected chi connectivity index (χ3v) is 7.38. The first-order valence-electron chi connectivity index (χ1n) is 11.6. The molecule has 3 aromatic carbocycles. The molecule has 0 unspecified atom stereocenters. The number of hydrogen-bond acceptors (Lipinski definition) is 5. The number of benzene rings is 3. The molecule has 1 saturated heterocycles. The molecule has 0 aliphatic carbocycles. The van der Waals surface area contributed by atoms with Crippen LogP contribution in [0.25, 0.3) is 16.5 Å². The van der Waals surface area contributed by atoms with E-state index >= 15 is 0 Å². The summed E-state index contributed by atoms with van der Waals surface area (Å²) in [5.74, 6) is 0.0901. The Hall–Kier alpha value is -4.02. The van der Waals surface area contributed by atoms with E-state index in [4.69, 9.17) is 9.47 Å². The fourth-order valence-electron chi connectivity index (χ4n) is 5.78. The first kappa shape index (κ1) is 21.5. The van der Waals surface area contributed by atoms with E-state index in [0.29, 0.717) is 54.0 Å². The molecule has 2 aliphatic rings. The maximum absolute atomic E-state index is 13.2. The van der Waals surface area contributed by atoms with Crippen LogP contribution in [0.1, 0.15) is 42.9 Å². The Morgan fingerprint density at radius 1 is 1.00 bits per heavy atom. The highest BCUT2D eigenvalue weighted by Gasteiger charge is 2.61. The Bertz CT molecular complexity index is 1520.